The second-order valence-electron chi connectivity index (χ2n) is 7.95. The fourth-order valence-electron chi connectivity index (χ4n) is 4.01. The number of ether oxygens (including phenoxy) is 1. The van der Waals surface area contributed by atoms with Crippen LogP contribution in [-0.2, 0) is 22.4 Å². The number of thioether (sulfide) groups is 1. The molecule has 1 aliphatic carbocycles. The number of nitrogens with one attached hydrogen (secondary N) is 2. The highest BCUT2D eigenvalue weighted by atomic mass is 32.2. The van der Waals surface area contributed by atoms with Gasteiger partial charge in [0.15, 0.2) is 0 Å². The number of aryl methyl sites for hydroxylation is 1. The molecule has 0 saturated carbocycles. The van der Waals surface area contributed by atoms with Crippen molar-refractivity contribution in [3.8, 4) is 5.69 Å². The van der Waals surface area contributed by atoms with E-state index >= 15 is 0 Å². The fourth-order valence-corrected chi connectivity index (χ4v) is 6.28. The summed E-state index contributed by atoms with van der Waals surface area (Å²) in [7, 11) is 0. The normalized spacial score (nSPS) is 14.2. The Hall–Kier alpha value is -2.85. The third-order valence-corrected chi connectivity index (χ3v) is 8.29. The molecular weight excluding hydrogens is 474 g/mol. The number of carbonyl (C=O) groups excluding carboxylic acids is 2. The molecule has 34 heavy (non-hydrogen) atoms. The van der Waals surface area contributed by atoms with Crippen LogP contribution in [0.2, 0.25) is 0 Å². The highest BCUT2D eigenvalue weighted by molar-refractivity contribution is 8.00. The smallest absolute Gasteiger partial charge is 0.442 e. The third-order valence-electron chi connectivity index (χ3n) is 5.68. The van der Waals surface area contributed by atoms with Crippen LogP contribution in [0.3, 0.4) is 0 Å². The van der Waals surface area contributed by atoms with Gasteiger partial charge in [0, 0.05) is 17.0 Å². The van der Waals surface area contributed by atoms with Gasteiger partial charge in [0.1, 0.15) is 5.00 Å². The molecule has 4 rings (SSSR count). The first-order valence-electron chi connectivity index (χ1n) is 11.5. The van der Waals surface area contributed by atoms with Crippen molar-refractivity contribution in [3.63, 3.8) is 0 Å². The summed E-state index contributed by atoms with van der Waals surface area (Å²) >= 11 is 2.60. The van der Waals surface area contributed by atoms with E-state index in [-0.39, 0.29) is 17.5 Å². The molecule has 0 spiro atoms. The molecule has 0 fully saturated rings. The number of nitrogens with zero attached hydrogens (tertiary/aromatic N) is 1. The van der Waals surface area contributed by atoms with E-state index in [1.165, 1.54) is 16.0 Å². The second kappa shape index (κ2) is 11.1. The van der Waals surface area contributed by atoms with Gasteiger partial charge in [-0.15, -0.1) is 11.3 Å². The number of anilines is 1. The highest BCUT2D eigenvalue weighted by Crippen LogP contribution is 2.38. The van der Waals surface area contributed by atoms with Gasteiger partial charge >= 0.3 is 16.6 Å². The van der Waals surface area contributed by atoms with Crippen molar-refractivity contribution < 1.29 is 23.5 Å². The van der Waals surface area contributed by atoms with E-state index in [4.69, 9.17) is 9.26 Å². The molecule has 0 bridgehead atoms. The summed E-state index contributed by atoms with van der Waals surface area (Å²) in [4.78, 5) is 39.7. The van der Waals surface area contributed by atoms with Crippen LogP contribution in [0, 0.1) is 0 Å². The average Bonchev–Trinajstić information content (AvgIpc) is 3.28. The topological polar surface area (TPSA) is 105 Å². The summed E-state index contributed by atoms with van der Waals surface area (Å²) in [5.41, 5.74) is 1.66. The predicted molar refractivity (Wildman–Crippen MR) is 131 cm³/mol. The molecule has 2 heterocycles. The Kier molecular flexibility index (Phi) is 7.89. The van der Waals surface area contributed by atoms with Crippen LogP contribution in [0.25, 0.3) is 5.69 Å². The predicted octanol–water partition coefficient (Wildman–Crippen LogP) is 4.26. The Morgan fingerprint density at radius 3 is 2.71 bits per heavy atom. The lowest BCUT2D eigenvalue weighted by Gasteiger charge is -2.13. The quantitative estimate of drug-likeness (QED) is 0.206. The molecule has 0 radical (unpaired) electrons. The number of esters is 1. The number of benzene rings is 1. The number of carbonyl (C=O) groups is 2. The monoisotopic (exact) mass is 502 g/mol. The number of hydrogen-bond donors (Lipinski definition) is 2. The van der Waals surface area contributed by atoms with Crippen LogP contribution in [-0.4, -0.2) is 29.0 Å². The highest BCUT2D eigenvalue weighted by Gasteiger charge is 2.32. The Morgan fingerprint density at radius 2 is 1.97 bits per heavy atom. The van der Waals surface area contributed by atoms with Crippen molar-refractivity contribution in [2.45, 2.75) is 62.6 Å². The first-order valence-corrected chi connectivity index (χ1v) is 13.2. The number of fused-ring (bicyclic) bond motifs is 1. The van der Waals surface area contributed by atoms with Gasteiger partial charge in [-0.25, -0.2) is 9.59 Å². The fraction of sp³-hybridized carbons (Fsp3) is 0.417. The zero-order valence-electron chi connectivity index (χ0n) is 19.2. The minimum absolute atomic E-state index is 0.269. The molecular formula is C24H28N3O5S2+. The number of amides is 1. The molecule has 0 aliphatic heterocycles. The van der Waals surface area contributed by atoms with E-state index in [0.29, 0.717) is 17.0 Å². The van der Waals surface area contributed by atoms with Crippen molar-refractivity contribution in [2.75, 3.05) is 11.9 Å². The maximum absolute atomic E-state index is 13.3. The molecule has 10 heteroatoms. The van der Waals surface area contributed by atoms with E-state index in [1.807, 2.05) is 37.3 Å². The zero-order chi connectivity index (χ0) is 24.1. The summed E-state index contributed by atoms with van der Waals surface area (Å²) < 4.78 is 11.9. The lowest BCUT2D eigenvalue weighted by Crippen LogP contribution is -2.37. The van der Waals surface area contributed by atoms with Crippen LogP contribution < -0.4 is 15.6 Å². The average molecular weight is 503 g/mol. The summed E-state index contributed by atoms with van der Waals surface area (Å²) in [6.45, 7) is 3.93. The summed E-state index contributed by atoms with van der Waals surface area (Å²) in [5, 5.41) is 5.83. The maximum Gasteiger partial charge on any atom is 0.442 e. The van der Waals surface area contributed by atoms with Crippen LogP contribution in [0.4, 0.5) is 5.00 Å². The SMILES string of the molecule is CCOC(=O)c1c(NC(=O)C(CC)Sc2c(=O)o[nH][n+]2-c2ccccc2)sc2c1CCCCC2. The van der Waals surface area contributed by atoms with E-state index in [0.717, 1.165) is 60.0 Å². The van der Waals surface area contributed by atoms with Gasteiger partial charge in [-0.2, -0.15) is 0 Å². The van der Waals surface area contributed by atoms with Crippen molar-refractivity contribution in [2.24, 2.45) is 0 Å². The van der Waals surface area contributed by atoms with E-state index in [2.05, 4.69) is 10.6 Å². The largest absolute Gasteiger partial charge is 0.462 e. The zero-order valence-corrected chi connectivity index (χ0v) is 20.9. The molecule has 3 aromatic rings. The molecule has 1 aliphatic rings. The molecule has 1 aromatic carbocycles. The van der Waals surface area contributed by atoms with E-state index < -0.39 is 16.8 Å². The van der Waals surface area contributed by atoms with Gasteiger partial charge in [-0.05, 0) is 66.3 Å². The van der Waals surface area contributed by atoms with E-state index in [1.54, 1.807) is 6.92 Å². The Labute approximate surface area is 205 Å². The number of para-hydroxylation sites is 1. The van der Waals surface area contributed by atoms with Crippen molar-refractivity contribution in [3.05, 3.63) is 56.8 Å². The van der Waals surface area contributed by atoms with Crippen molar-refractivity contribution in [1.82, 2.24) is 5.27 Å². The molecule has 1 amide bonds. The summed E-state index contributed by atoms with van der Waals surface area (Å²) in [6, 6.07) is 9.25. The lowest BCUT2D eigenvalue weighted by atomic mass is 10.1. The van der Waals surface area contributed by atoms with E-state index in [9.17, 15) is 14.4 Å². The Morgan fingerprint density at radius 1 is 1.21 bits per heavy atom. The summed E-state index contributed by atoms with van der Waals surface area (Å²) in [5.74, 6) is -0.666. The molecule has 2 aromatic heterocycles. The van der Waals surface area contributed by atoms with Gasteiger partial charge in [-0.3, -0.25) is 9.32 Å². The standard InChI is InChI=1S/C24H27N3O5S2/c1-3-17(34-22-24(30)32-26-27(22)15-11-7-5-8-12-15)20(28)25-21-19(23(29)31-4-2)16-13-9-6-10-14-18(16)33-21/h5,7-8,11-12,17H,3-4,6,9-10,13-14H2,1-2H3,(H-,25,26,28,29,30)/p+1. The molecule has 2 N–H and O–H groups in total. The Bertz CT molecular complexity index is 1220. The van der Waals surface area contributed by atoms with Crippen LogP contribution >= 0.6 is 23.1 Å². The number of rotatable bonds is 8. The first-order chi connectivity index (χ1) is 16.5. The van der Waals surface area contributed by atoms with Gasteiger partial charge in [0.2, 0.25) is 11.6 Å². The number of H-pyrrole nitrogens is 1. The van der Waals surface area contributed by atoms with Gasteiger partial charge < -0.3 is 10.1 Å². The van der Waals surface area contributed by atoms with Crippen LogP contribution in [0.5, 0.6) is 0 Å². The third kappa shape index (κ3) is 5.12. The minimum atomic E-state index is -0.564. The number of thiophene rings is 1. The second-order valence-corrected chi connectivity index (χ2v) is 10.2. The van der Waals surface area contributed by atoms with Gasteiger partial charge in [0.25, 0.3) is 0 Å². The van der Waals surface area contributed by atoms with Crippen LogP contribution in [0.15, 0.2) is 44.7 Å². The number of aromatic nitrogens is 2. The minimum Gasteiger partial charge on any atom is -0.462 e. The number of hydrogen-bond acceptors (Lipinski definition) is 7. The summed E-state index contributed by atoms with van der Waals surface area (Å²) in [6.07, 6.45) is 5.40. The van der Waals surface area contributed by atoms with Gasteiger partial charge in [0.05, 0.1) is 17.4 Å². The Balaban J connectivity index is 1.60. The number of aromatic amines is 1. The lowest BCUT2D eigenvalue weighted by molar-refractivity contribution is -0.704. The molecule has 8 nitrogen and oxygen atoms in total. The molecule has 1 unspecified atom stereocenters. The van der Waals surface area contributed by atoms with Crippen LogP contribution in [0.1, 0.15) is 60.3 Å². The van der Waals surface area contributed by atoms with Crippen molar-refractivity contribution >= 4 is 40.0 Å². The van der Waals surface area contributed by atoms with Crippen molar-refractivity contribution in [1.29, 1.82) is 0 Å². The maximum atomic E-state index is 13.3. The van der Waals surface area contributed by atoms with Gasteiger partial charge in [-0.1, -0.05) is 31.5 Å². The first kappa shape index (κ1) is 24.3. The molecule has 0 saturated heterocycles. The molecule has 1 atom stereocenters. The molecule has 180 valence electrons.